The van der Waals surface area contributed by atoms with Crippen LogP contribution in [0.15, 0.2) is 30.2 Å². The van der Waals surface area contributed by atoms with Gasteiger partial charge >= 0.3 is 0 Å². The molecule has 9 heteroatoms. The molecule has 0 aromatic heterocycles. The van der Waals surface area contributed by atoms with E-state index in [-0.39, 0.29) is 6.54 Å². The summed E-state index contributed by atoms with van der Waals surface area (Å²) >= 11 is 0. The maximum Gasteiger partial charge on any atom is 0.244 e. The topological polar surface area (TPSA) is 103 Å². The summed E-state index contributed by atoms with van der Waals surface area (Å²) in [6.07, 6.45) is -2.13. The van der Waals surface area contributed by atoms with Gasteiger partial charge in [-0.3, -0.25) is 4.79 Å². The number of hydrogen-bond acceptors (Lipinski definition) is 7. The summed E-state index contributed by atoms with van der Waals surface area (Å²) in [6.45, 7) is -0.352. The molecule has 2 rings (SSSR count). The van der Waals surface area contributed by atoms with Gasteiger partial charge in [-0.05, 0) is 12.1 Å². The van der Waals surface area contributed by atoms with Gasteiger partial charge in [0.25, 0.3) is 0 Å². The molecule has 1 aromatic rings. The van der Waals surface area contributed by atoms with Crippen LogP contribution in [0.4, 0.5) is 10.1 Å². The van der Waals surface area contributed by atoms with E-state index in [9.17, 15) is 19.4 Å². The zero-order valence-corrected chi connectivity index (χ0v) is 12.6. The number of rotatable bonds is 5. The molecule has 1 aliphatic rings. The van der Waals surface area contributed by atoms with Crippen LogP contribution in [0, 0.1) is 0 Å². The standard InChI is InChI=1S/C14H18FN3O5/c1-22-9-4-3-5-10(23-2)12(9)16-11(19)7-18-6-8(15)13(20)17-14(18)21/h3-6,13-14,17,20-21H,7H2,1-2H3,(H,16,19). The predicted molar refractivity (Wildman–Crippen MR) is 79.2 cm³/mol. The van der Waals surface area contributed by atoms with Crippen LogP contribution in [0.1, 0.15) is 0 Å². The monoisotopic (exact) mass is 327 g/mol. The fraction of sp³-hybridized carbons (Fsp3) is 0.357. The highest BCUT2D eigenvalue weighted by atomic mass is 19.1. The van der Waals surface area contributed by atoms with E-state index in [4.69, 9.17) is 9.47 Å². The van der Waals surface area contributed by atoms with Crippen LogP contribution in [0.3, 0.4) is 0 Å². The Kier molecular flexibility index (Phi) is 5.37. The van der Waals surface area contributed by atoms with Gasteiger partial charge in [-0.1, -0.05) is 6.07 Å². The number of carbonyl (C=O) groups is 1. The van der Waals surface area contributed by atoms with E-state index < -0.39 is 24.3 Å². The molecule has 2 atom stereocenters. The Bertz CT molecular complexity index is 588. The summed E-state index contributed by atoms with van der Waals surface area (Å²) in [5, 5.41) is 23.6. The summed E-state index contributed by atoms with van der Waals surface area (Å²) in [6, 6.07) is 4.99. The Morgan fingerprint density at radius 1 is 1.35 bits per heavy atom. The molecule has 0 fully saturated rings. The third kappa shape index (κ3) is 3.89. The molecule has 23 heavy (non-hydrogen) atoms. The van der Waals surface area contributed by atoms with Crippen LogP contribution in [0.25, 0.3) is 0 Å². The molecule has 0 aliphatic carbocycles. The lowest BCUT2D eigenvalue weighted by Crippen LogP contribution is -2.53. The summed E-state index contributed by atoms with van der Waals surface area (Å²) in [5.74, 6) is -0.647. The number of carbonyl (C=O) groups excluding carboxylic acids is 1. The van der Waals surface area contributed by atoms with E-state index >= 15 is 0 Å². The molecule has 126 valence electrons. The number of para-hydroxylation sites is 1. The zero-order valence-electron chi connectivity index (χ0n) is 12.6. The highest BCUT2D eigenvalue weighted by Gasteiger charge is 2.27. The largest absolute Gasteiger partial charge is 0.494 e. The Morgan fingerprint density at radius 2 is 1.96 bits per heavy atom. The average molecular weight is 327 g/mol. The van der Waals surface area contributed by atoms with Gasteiger partial charge < -0.3 is 29.9 Å². The van der Waals surface area contributed by atoms with Crippen molar-refractivity contribution in [2.45, 2.75) is 12.6 Å². The van der Waals surface area contributed by atoms with Crippen molar-refractivity contribution in [3.8, 4) is 11.5 Å². The molecule has 8 nitrogen and oxygen atoms in total. The van der Waals surface area contributed by atoms with Crippen molar-refractivity contribution in [3.63, 3.8) is 0 Å². The van der Waals surface area contributed by atoms with Gasteiger partial charge in [0.1, 0.15) is 23.7 Å². The van der Waals surface area contributed by atoms with Crippen LogP contribution in [-0.4, -0.2) is 54.4 Å². The molecule has 0 saturated heterocycles. The first-order valence-electron chi connectivity index (χ1n) is 6.72. The number of anilines is 1. The number of methoxy groups -OCH3 is 2. The zero-order chi connectivity index (χ0) is 17.0. The van der Waals surface area contributed by atoms with E-state index in [1.54, 1.807) is 18.2 Å². The first-order chi connectivity index (χ1) is 11.0. The third-order valence-corrected chi connectivity index (χ3v) is 3.19. The Hall–Kier alpha value is -2.36. The smallest absolute Gasteiger partial charge is 0.244 e. The molecule has 1 aliphatic heterocycles. The molecule has 0 bridgehead atoms. The van der Waals surface area contributed by atoms with Gasteiger partial charge in [-0.2, -0.15) is 0 Å². The maximum atomic E-state index is 13.3. The second-order valence-electron chi connectivity index (χ2n) is 4.71. The minimum Gasteiger partial charge on any atom is -0.494 e. The second kappa shape index (κ2) is 7.27. The number of nitrogens with one attached hydrogen (secondary N) is 2. The number of nitrogens with zero attached hydrogens (tertiary/aromatic N) is 1. The minimum atomic E-state index is -1.60. The lowest BCUT2D eigenvalue weighted by atomic mass is 10.2. The number of hydrogen-bond donors (Lipinski definition) is 4. The molecule has 1 amide bonds. The van der Waals surface area contributed by atoms with Crippen molar-refractivity contribution in [1.82, 2.24) is 10.2 Å². The summed E-state index contributed by atoms with van der Waals surface area (Å²) in [4.78, 5) is 13.1. The normalized spacial score (nSPS) is 20.7. The highest BCUT2D eigenvalue weighted by molar-refractivity contribution is 5.95. The summed E-state index contributed by atoms with van der Waals surface area (Å²) in [5.41, 5.74) is 0.325. The minimum absolute atomic E-state index is 0.325. The molecule has 0 spiro atoms. The number of amides is 1. The van der Waals surface area contributed by atoms with E-state index in [0.717, 1.165) is 11.1 Å². The molecule has 0 saturated carbocycles. The van der Waals surface area contributed by atoms with Crippen molar-refractivity contribution in [3.05, 3.63) is 30.2 Å². The number of benzene rings is 1. The molecular weight excluding hydrogens is 309 g/mol. The molecule has 1 heterocycles. The highest BCUT2D eigenvalue weighted by Crippen LogP contribution is 2.34. The van der Waals surface area contributed by atoms with Crippen LogP contribution in [0.5, 0.6) is 11.5 Å². The second-order valence-corrected chi connectivity index (χ2v) is 4.71. The first-order valence-corrected chi connectivity index (χ1v) is 6.72. The number of aliphatic hydroxyl groups excluding tert-OH is 2. The summed E-state index contributed by atoms with van der Waals surface area (Å²) < 4.78 is 23.7. The maximum absolute atomic E-state index is 13.3. The fourth-order valence-electron chi connectivity index (χ4n) is 2.07. The number of aliphatic hydroxyl groups is 2. The van der Waals surface area contributed by atoms with Gasteiger partial charge in [-0.15, -0.1) is 0 Å². The average Bonchev–Trinajstić information content (AvgIpc) is 2.52. The van der Waals surface area contributed by atoms with Gasteiger partial charge in [0.15, 0.2) is 18.4 Å². The first kappa shape index (κ1) is 17.0. The fourth-order valence-corrected chi connectivity index (χ4v) is 2.07. The Labute approximate surface area is 132 Å². The lowest BCUT2D eigenvalue weighted by molar-refractivity contribution is -0.121. The molecule has 4 N–H and O–H groups in total. The van der Waals surface area contributed by atoms with Crippen molar-refractivity contribution in [2.24, 2.45) is 0 Å². The quantitative estimate of drug-likeness (QED) is 0.601. The predicted octanol–water partition coefficient (Wildman–Crippen LogP) is -0.0473. The van der Waals surface area contributed by atoms with Crippen molar-refractivity contribution in [1.29, 1.82) is 0 Å². The molecule has 2 unspecified atom stereocenters. The van der Waals surface area contributed by atoms with E-state index in [0.29, 0.717) is 17.2 Å². The Morgan fingerprint density at radius 3 is 2.52 bits per heavy atom. The van der Waals surface area contributed by atoms with Gasteiger partial charge in [0.05, 0.1) is 14.2 Å². The van der Waals surface area contributed by atoms with E-state index in [1.807, 2.05) is 0 Å². The molecule has 1 aromatic carbocycles. The van der Waals surface area contributed by atoms with Gasteiger partial charge in [0, 0.05) is 6.20 Å². The molecular formula is C14H18FN3O5. The van der Waals surface area contributed by atoms with Crippen molar-refractivity contribution >= 4 is 11.6 Å². The van der Waals surface area contributed by atoms with Crippen LogP contribution < -0.4 is 20.1 Å². The van der Waals surface area contributed by atoms with Gasteiger partial charge in [-0.25, -0.2) is 9.71 Å². The van der Waals surface area contributed by atoms with Gasteiger partial charge in [0.2, 0.25) is 5.91 Å². The number of halogens is 1. The van der Waals surface area contributed by atoms with Crippen molar-refractivity contribution in [2.75, 3.05) is 26.1 Å². The van der Waals surface area contributed by atoms with Crippen LogP contribution in [-0.2, 0) is 4.79 Å². The third-order valence-electron chi connectivity index (χ3n) is 3.19. The summed E-state index contributed by atoms with van der Waals surface area (Å²) in [7, 11) is 2.89. The van der Waals surface area contributed by atoms with Crippen LogP contribution >= 0.6 is 0 Å². The van der Waals surface area contributed by atoms with E-state index in [1.165, 1.54) is 14.2 Å². The number of ether oxygens (including phenoxy) is 2. The SMILES string of the molecule is COc1cccc(OC)c1NC(=O)CN1C=C(F)C(O)NC1O. The van der Waals surface area contributed by atoms with Crippen LogP contribution in [0.2, 0.25) is 0 Å². The van der Waals surface area contributed by atoms with E-state index in [2.05, 4.69) is 10.6 Å². The molecule has 0 radical (unpaired) electrons. The van der Waals surface area contributed by atoms with Crippen molar-refractivity contribution < 1.29 is 28.9 Å². The lowest BCUT2D eigenvalue weighted by Gasteiger charge is -2.32. The Balaban J connectivity index is 2.11.